The molecular weight excluding hydrogens is 627 g/mol. The molecule has 0 atom stereocenters. The maximum atomic E-state index is 2.46. The number of hydrogen-bond acceptors (Lipinski definition) is 1. The Hall–Kier alpha value is -6.18. The Labute approximate surface area is 305 Å². The third-order valence-electron chi connectivity index (χ3n) is 11.5. The summed E-state index contributed by atoms with van der Waals surface area (Å²) in [6, 6.07) is 58.7. The minimum atomic E-state index is -0.0823. The van der Waals surface area contributed by atoms with Gasteiger partial charge in [0.05, 0.1) is 5.69 Å². The minimum absolute atomic E-state index is 0.0823. The van der Waals surface area contributed by atoms with E-state index in [1.54, 1.807) is 0 Å². The minimum Gasteiger partial charge on any atom is -0.310 e. The molecule has 10 rings (SSSR count). The molecule has 0 saturated carbocycles. The monoisotopic (exact) mass is 665 g/mol. The predicted octanol–water partition coefficient (Wildman–Crippen LogP) is 14.3. The van der Waals surface area contributed by atoms with Crippen LogP contribution in [0.15, 0.2) is 176 Å². The van der Waals surface area contributed by atoms with Gasteiger partial charge in [-0.25, -0.2) is 0 Å². The van der Waals surface area contributed by atoms with Gasteiger partial charge in [-0.2, -0.15) is 0 Å². The first-order valence-electron chi connectivity index (χ1n) is 18.5. The number of fused-ring (bicyclic) bond motifs is 8. The number of hydrogen-bond donors (Lipinski definition) is 0. The van der Waals surface area contributed by atoms with Gasteiger partial charge in [-0.15, -0.1) is 0 Å². The van der Waals surface area contributed by atoms with E-state index in [2.05, 4.69) is 195 Å². The molecule has 0 saturated heterocycles. The fourth-order valence-corrected chi connectivity index (χ4v) is 8.88. The van der Waals surface area contributed by atoms with Crippen LogP contribution in [-0.2, 0) is 5.41 Å². The highest BCUT2D eigenvalue weighted by Gasteiger charge is 2.37. The molecule has 0 unspecified atom stereocenters. The lowest BCUT2D eigenvalue weighted by Gasteiger charge is -2.29. The van der Waals surface area contributed by atoms with E-state index in [9.17, 15) is 0 Å². The van der Waals surface area contributed by atoms with Crippen LogP contribution in [0.25, 0.3) is 60.1 Å². The first-order valence-corrected chi connectivity index (χ1v) is 18.5. The molecule has 2 aliphatic rings. The average Bonchev–Trinajstić information content (AvgIpc) is 3.45. The molecule has 8 aromatic rings. The molecule has 0 fully saturated rings. The van der Waals surface area contributed by atoms with Crippen molar-refractivity contribution in [1.29, 1.82) is 0 Å². The van der Waals surface area contributed by atoms with Crippen LogP contribution in [0.2, 0.25) is 0 Å². The molecule has 0 heterocycles. The topological polar surface area (TPSA) is 3.24 Å². The highest BCUT2D eigenvalue weighted by atomic mass is 15.1. The first kappa shape index (κ1) is 30.6. The fourth-order valence-electron chi connectivity index (χ4n) is 8.88. The lowest BCUT2D eigenvalue weighted by molar-refractivity contribution is 0.660. The van der Waals surface area contributed by atoms with E-state index in [1.807, 2.05) is 0 Å². The van der Waals surface area contributed by atoms with Crippen molar-refractivity contribution in [3.05, 3.63) is 193 Å². The van der Waals surface area contributed by atoms with Crippen LogP contribution in [0.5, 0.6) is 0 Å². The maximum Gasteiger partial charge on any atom is 0.0543 e. The van der Waals surface area contributed by atoms with Crippen LogP contribution in [0.1, 0.15) is 43.4 Å². The third kappa shape index (κ3) is 4.77. The quantitative estimate of drug-likeness (QED) is 0.165. The summed E-state index contributed by atoms with van der Waals surface area (Å²) in [5, 5.41) is 7.70. The van der Waals surface area contributed by atoms with Crippen LogP contribution in [0.3, 0.4) is 0 Å². The molecule has 0 radical (unpaired) electrons. The van der Waals surface area contributed by atoms with Gasteiger partial charge in [0.1, 0.15) is 0 Å². The van der Waals surface area contributed by atoms with Crippen LogP contribution >= 0.6 is 0 Å². The van der Waals surface area contributed by atoms with Gasteiger partial charge < -0.3 is 4.90 Å². The van der Waals surface area contributed by atoms with Gasteiger partial charge in [-0.3, -0.25) is 0 Å². The van der Waals surface area contributed by atoms with E-state index in [0.717, 1.165) is 24.2 Å². The first-order chi connectivity index (χ1) is 25.6. The number of anilines is 3. The summed E-state index contributed by atoms with van der Waals surface area (Å²) in [6.07, 6.45) is 9.12. The number of benzene rings is 8. The maximum absolute atomic E-state index is 2.46. The molecule has 52 heavy (non-hydrogen) atoms. The van der Waals surface area contributed by atoms with Crippen molar-refractivity contribution in [3.63, 3.8) is 0 Å². The van der Waals surface area contributed by atoms with Crippen LogP contribution < -0.4 is 4.90 Å². The molecule has 0 amide bonds. The zero-order valence-electron chi connectivity index (χ0n) is 29.6. The van der Waals surface area contributed by atoms with E-state index < -0.39 is 0 Å². The fraction of sp³-hybridized carbons (Fsp3) is 0.0980. The van der Waals surface area contributed by atoms with Crippen molar-refractivity contribution >= 4 is 55.0 Å². The van der Waals surface area contributed by atoms with Gasteiger partial charge in [-0.1, -0.05) is 153 Å². The smallest absolute Gasteiger partial charge is 0.0543 e. The van der Waals surface area contributed by atoms with Crippen molar-refractivity contribution in [3.8, 4) is 22.3 Å². The Morgan fingerprint density at radius 2 is 1.17 bits per heavy atom. The zero-order valence-corrected chi connectivity index (χ0v) is 29.6. The highest BCUT2D eigenvalue weighted by molar-refractivity contribution is 6.23. The number of allylic oxidation sites excluding steroid dienone is 4. The van der Waals surface area contributed by atoms with Gasteiger partial charge in [0, 0.05) is 22.4 Å². The third-order valence-corrected chi connectivity index (χ3v) is 11.5. The van der Waals surface area contributed by atoms with Gasteiger partial charge in [-0.05, 0) is 121 Å². The highest BCUT2D eigenvalue weighted by Crippen LogP contribution is 2.54. The molecule has 0 aliphatic heterocycles. The van der Waals surface area contributed by atoms with E-state index in [1.165, 1.54) is 82.5 Å². The van der Waals surface area contributed by atoms with E-state index >= 15 is 0 Å². The van der Waals surface area contributed by atoms with Crippen LogP contribution in [0.4, 0.5) is 17.1 Å². The Morgan fingerprint density at radius 1 is 0.500 bits per heavy atom. The van der Waals surface area contributed by atoms with Crippen molar-refractivity contribution in [2.24, 2.45) is 0 Å². The van der Waals surface area contributed by atoms with Gasteiger partial charge in [0.2, 0.25) is 0 Å². The van der Waals surface area contributed by atoms with Gasteiger partial charge >= 0.3 is 0 Å². The van der Waals surface area contributed by atoms with Crippen molar-refractivity contribution in [2.75, 3.05) is 4.90 Å². The summed E-state index contributed by atoms with van der Waals surface area (Å²) in [7, 11) is 0. The molecule has 0 N–H and O–H groups in total. The Balaban J connectivity index is 1.16. The molecule has 1 heteroatoms. The zero-order chi connectivity index (χ0) is 34.8. The Morgan fingerprint density at radius 3 is 1.94 bits per heavy atom. The number of rotatable bonds is 5. The lowest BCUT2D eigenvalue weighted by Crippen LogP contribution is -2.16. The second-order valence-electron chi connectivity index (χ2n) is 14.8. The Bertz CT molecular complexity index is 2740. The summed E-state index contributed by atoms with van der Waals surface area (Å²) >= 11 is 0. The largest absolute Gasteiger partial charge is 0.310 e. The van der Waals surface area contributed by atoms with E-state index in [4.69, 9.17) is 0 Å². The SMILES string of the molecule is CC1(C)c2ccccc2-c2c(N(c3ccc(C4=CCCC=C4)cc3)c3ccc(-c4cc5ccccc5c5ccc6ccccc6c45)cc3)cccc21. The van der Waals surface area contributed by atoms with E-state index in [0.29, 0.717) is 0 Å². The second kappa shape index (κ2) is 12.0. The van der Waals surface area contributed by atoms with Crippen LogP contribution in [-0.4, -0.2) is 0 Å². The summed E-state index contributed by atoms with van der Waals surface area (Å²) in [5.74, 6) is 0. The molecule has 8 aromatic carbocycles. The summed E-state index contributed by atoms with van der Waals surface area (Å²) < 4.78 is 0. The molecule has 0 aromatic heterocycles. The molecule has 2 aliphatic carbocycles. The van der Waals surface area contributed by atoms with Crippen LogP contribution in [0, 0.1) is 0 Å². The van der Waals surface area contributed by atoms with Crippen molar-refractivity contribution < 1.29 is 0 Å². The summed E-state index contributed by atoms with van der Waals surface area (Å²) in [5.41, 5.74) is 13.8. The molecule has 1 nitrogen and oxygen atoms in total. The summed E-state index contributed by atoms with van der Waals surface area (Å²) in [6.45, 7) is 4.72. The standard InChI is InChI=1S/C51H39N/c1-51(2)46-20-11-10-19-44(46)50-47(51)21-12-22-48(50)52(39-28-23-35(24-29-39)34-13-4-3-5-14-34)40-30-25-37(26-31-40)45-33-38-16-7-8-17-41(38)43-32-27-36-15-6-9-18-42(36)49(43)45/h4,6-33H,3,5H2,1-2H3. The molecule has 0 spiro atoms. The lowest BCUT2D eigenvalue weighted by atomic mass is 9.82. The molecular formula is C51H39N. The van der Waals surface area contributed by atoms with Crippen molar-refractivity contribution in [1.82, 2.24) is 0 Å². The normalized spacial score (nSPS) is 14.4. The van der Waals surface area contributed by atoms with Crippen molar-refractivity contribution in [2.45, 2.75) is 32.1 Å². The second-order valence-corrected chi connectivity index (χ2v) is 14.8. The summed E-state index contributed by atoms with van der Waals surface area (Å²) in [4.78, 5) is 2.46. The van der Waals surface area contributed by atoms with E-state index in [-0.39, 0.29) is 5.41 Å². The Kier molecular flexibility index (Phi) is 7.05. The molecule has 248 valence electrons. The molecule has 0 bridgehead atoms. The van der Waals surface area contributed by atoms with Gasteiger partial charge in [0.25, 0.3) is 0 Å². The number of nitrogens with zero attached hydrogens (tertiary/aromatic N) is 1. The average molecular weight is 666 g/mol. The predicted molar refractivity (Wildman–Crippen MR) is 223 cm³/mol. The van der Waals surface area contributed by atoms with Gasteiger partial charge in [0.15, 0.2) is 0 Å².